The molecule has 0 aliphatic carbocycles. The van der Waals surface area contributed by atoms with E-state index in [2.05, 4.69) is 46.3 Å². The van der Waals surface area contributed by atoms with Crippen LogP contribution in [0.5, 0.6) is 0 Å². The summed E-state index contributed by atoms with van der Waals surface area (Å²) in [6, 6.07) is 10.1. The Kier molecular flexibility index (Phi) is 2.40. The Balaban J connectivity index is 2.16. The molecule has 4 heteroatoms. The summed E-state index contributed by atoms with van der Waals surface area (Å²) in [7, 11) is 0. The summed E-state index contributed by atoms with van der Waals surface area (Å²) < 4.78 is 4.26. The zero-order valence-electron chi connectivity index (χ0n) is 12.4. The number of nitriles is 1. The van der Waals surface area contributed by atoms with E-state index in [0.717, 1.165) is 17.4 Å². The lowest BCUT2D eigenvalue weighted by molar-refractivity contribution is -0.749. The summed E-state index contributed by atoms with van der Waals surface area (Å²) >= 11 is 0. The van der Waals surface area contributed by atoms with Crippen LogP contribution >= 0.6 is 0 Å². The molecule has 4 nitrogen and oxygen atoms in total. The van der Waals surface area contributed by atoms with Gasteiger partial charge in [0, 0.05) is 5.56 Å². The Bertz CT molecular complexity index is 1040. The van der Waals surface area contributed by atoms with Crippen LogP contribution in [0.15, 0.2) is 30.5 Å². The van der Waals surface area contributed by atoms with Gasteiger partial charge in [0.05, 0.1) is 23.6 Å². The summed E-state index contributed by atoms with van der Waals surface area (Å²) in [5.74, 6) is 0. The van der Waals surface area contributed by atoms with E-state index in [0.29, 0.717) is 11.3 Å². The van der Waals surface area contributed by atoms with E-state index in [1.807, 2.05) is 12.3 Å². The smallest absolute Gasteiger partial charge is 0.205 e. The maximum absolute atomic E-state index is 9.37. The van der Waals surface area contributed by atoms with Gasteiger partial charge >= 0.3 is 0 Å². The van der Waals surface area contributed by atoms with Gasteiger partial charge in [-0.3, -0.25) is 0 Å². The summed E-state index contributed by atoms with van der Waals surface area (Å²) in [5, 5.41) is 10.3. The lowest BCUT2D eigenvalue weighted by Gasteiger charge is -2.06. The first-order valence-electron chi connectivity index (χ1n) is 7.10. The van der Waals surface area contributed by atoms with Crippen LogP contribution in [0.25, 0.3) is 21.4 Å². The van der Waals surface area contributed by atoms with Crippen molar-refractivity contribution in [2.24, 2.45) is 0 Å². The maximum atomic E-state index is 9.37. The van der Waals surface area contributed by atoms with Crippen LogP contribution in [0.2, 0.25) is 0 Å². The van der Waals surface area contributed by atoms with E-state index in [-0.39, 0.29) is 0 Å². The first-order valence-corrected chi connectivity index (χ1v) is 7.10. The van der Waals surface area contributed by atoms with Crippen molar-refractivity contribution in [3.8, 4) is 11.8 Å². The fourth-order valence-electron chi connectivity index (χ4n) is 3.26. The SMILES string of the molecule is [C-]#[N+]c1cc(C#N)c2c[n+]3n(c2c1)-c1c(ccc(C)c1C)C3. The highest BCUT2D eigenvalue weighted by atomic mass is 15.4. The largest absolute Gasteiger partial charge is 0.238 e. The van der Waals surface area contributed by atoms with Gasteiger partial charge in [0.1, 0.15) is 11.2 Å². The van der Waals surface area contributed by atoms with Crippen molar-refractivity contribution in [3.63, 3.8) is 0 Å². The molecule has 1 aliphatic heterocycles. The normalized spacial score (nSPS) is 11.8. The highest BCUT2D eigenvalue weighted by Crippen LogP contribution is 2.32. The number of rotatable bonds is 0. The third-order valence-corrected chi connectivity index (χ3v) is 4.49. The Morgan fingerprint density at radius 2 is 2.14 bits per heavy atom. The Labute approximate surface area is 128 Å². The molecule has 1 aromatic heterocycles. The van der Waals surface area contributed by atoms with Crippen molar-refractivity contribution >= 4 is 16.6 Å². The van der Waals surface area contributed by atoms with Crippen LogP contribution in [0.3, 0.4) is 0 Å². The van der Waals surface area contributed by atoms with Crippen LogP contribution in [-0.4, -0.2) is 4.68 Å². The topological polar surface area (TPSA) is 37.0 Å². The Hall–Kier alpha value is -3.11. The van der Waals surface area contributed by atoms with Crippen molar-refractivity contribution < 1.29 is 4.68 Å². The van der Waals surface area contributed by atoms with Gasteiger partial charge in [0.15, 0.2) is 12.2 Å². The molecule has 0 fully saturated rings. The number of aryl methyl sites for hydroxylation is 1. The minimum atomic E-state index is 0.504. The van der Waals surface area contributed by atoms with Gasteiger partial charge in [0.2, 0.25) is 6.20 Å². The second-order valence-electron chi connectivity index (χ2n) is 5.70. The zero-order chi connectivity index (χ0) is 15.4. The van der Waals surface area contributed by atoms with Crippen LogP contribution < -0.4 is 4.68 Å². The van der Waals surface area contributed by atoms with Gasteiger partial charge in [-0.05, 0) is 43.2 Å². The predicted molar refractivity (Wildman–Crippen MR) is 83.0 cm³/mol. The number of aromatic nitrogens is 2. The van der Waals surface area contributed by atoms with Crippen molar-refractivity contribution in [2.75, 3.05) is 0 Å². The molecule has 104 valence electrons. The van der Waals surface area contributed by atoms with E-state index in [1.165, 1.54) is 22.4 Å². The third kappa shape index (κ3) is 1.47. The molecule has 0 N–H and O–H groups in total. The summed E-state index contributed by atoms with van der Waals surface area (Å²) in [6.45, 7) is 12.3. The molecule has 4 rings (SSSR count). The number of hydrogen-bond acceptors (Lipinski definition) is 1. The Morgan fingerprint density at radius 3 is 2.86 bits per heavy atom. The second kappa shape index (κ2) is 4.19. The van der Waals surface area contributed by atoms with Crippen molar-refractivity contribution in [1.29, 1.82) is 5.26 Å². The first-order chi connectivity index (χ1) is 10.6. The van der Waals surface area contributed by atoms with Crippen molar-refractivity contribution in [2.45, 2.75) is 20.4 Å². The number of nitrogens with zero attached hydrogens (tertiary/aromatic N) is 4. The highest BCUT2D eigenvalue weighted by Gasteiger charge is 2.31. The Morgan fingerprint density at radius 1 is 1.32 bits per heavy atom. The molecule has 0 saturated heterocycles. The fraction of sp³-hybridized carbons (Fsp3) is 0.167. The minimum absolute atomic E-state index is 0.504. The monoisotopic (exact) mass is 285 g/mol. The molecule has 1 aliphatic rings. The molecule has 0 spiro atoms. The van der Waals surface area contributed by atoms with Gasteiger partial charge in [-0.2, -0.15) is 5.26 Å². The molecule has 0 saturated carbocycles. The van der Waals surface area contributed by atoms with Crippen LogP contribution in [0, 0.1) is 31.8 Å². The molecule has 0 amide bonds. The zero-order valence-corrected chi connectivity index (χ0v) is 12.4. The predicted octanol–water partition coefficient (Wildman–Crippen LogP) is 3.32. The van der Waals surface area contributed by atoms with E-state index in [4.69, 9.17) is 6.57 Å². The minimum Gasteiger partial charge on any atom is -0.238 e. The molecular formula is C18H13N4+. The van der Waals surface area contributed by atoms with Crippen molar-refractivity contribution in [1.82, 2.24) is 4.68 Å². The molecule has 0 bridgehead atoms. The van der Waals surface area contributed by atoms with E-state index in [9.17, 15) is 5.26 Å². The summed E-state index contributed by atoms with van der Waals surface area (Å²) in [6.07, 6.45) is 2.01. The molecule has 0 atom stereocenters. The number of benzene rings is 2. The average molecular weight is 285 g/mol. The van der Waals surface area contributed by atoms with Crippen LogP contribution in [0.4, 0.5) is 5.69 Å². The van der Waals surface area contributed by atoms with Gasteiger partial charge in [0.25, 0.3) is 0 Å². The summed E-state index contributed by atoms with van der Waals surface area (Å²) in [4.78, 5) is 3.51. The van der Waals surface area contributed by atoms with Crippen molar-refractivity contribution in [3.05, 3.63) is 64.1 Å². The number of hydrogen-bond donors (Lipinski definition) is 0. The molecule has 2 heterocycles. The van der Waals surface area contributed by atoms with Gasteiger partial charge in [-0.1, -0.05) is 6.07 Å². The second-order valence-corrected chi connectivity index (χ2v) is 5.70. The molecule has 0 radical (unpaired) electrons. The van der Waals surface area contributed by atoms with Crippen LogP contribution in [-0.2, 0) is 6.54 Å². The maximum Gasteiger partial charge on any atom is 0.205 e. The molecule has 0 unspecified atom stereocenters. The quantitative estimate of drug-likeness (QED) is 0.361. The van der Waals surface area contributed by atoms with E-state index >= 15 is 0 Å². The first kappa shape index (κ1) is 12.6. The third-order valence-electron chi connectivity index (χ3n) is 4.49. The lowest BCUT2D eigenvalue weighted by Crippen LogP contribution is -2.36. The van der Waals surface area contributed by atoms with Gasteiger partial charge in [-0.25, -0.2) is 4.85 Å². The fourth-order valence-corrected chi connectivity index (χ4v) is 3.26. The van der Waals surface area contributed by atoms with E-state index in [1.54, 1.807) is 6.07 Å². The molecule has 2 aromatic carbocycles. The molecule has 3 aromatic rings. The lowest BCUT2D eigenvalue weighted by atomic mass is 10.0. The summed E-state index contributed by atoms with van der Waals surface area (Å²) in [5.41, 5.74) is 6.94. The van der Waals surface area contributed by atoms with Crippen LogP contribution in [0.1, 0.15) is 22.3 Å². The standard InChI is InChI=1S/C18H13N4/c1-11-4-5-13-9-21-10-16-14(8-19)6-15(20-3)7-17(16)22(21)18(13)12(11)2/h4-7,10H,9H2,1-2H3/q+1. The van der Waals surface area contributed by atoms with Gasteiger partial charge < -0.3 is 0 Å². The molecule has 22 heavy (non-hydrogen) atoms. The highest BCUT2D eigenvalue weighted by molar-refractivity contribution is 5.89. The average Bonchev–Trinajstić information content (AvgIpc) is 3.06. The molecular weight excluding hydrogens is 272 g/mol. The van der Waals surface area contributed by atoms with Gasteiger partial charge in [-0.15, -0.1) is 9.36 Å². The number of fused-ring (bicyclic) bond motifs is 5. The van der Waals surface area contributed by atoms with E-state index < -0.39 is 0 Å².